The Morgan fingerprint density at radius 2 is 1.77 bits per heavy atom. The van der Waals surface area contributed by atoms with Gasteiger partial charge in [-0.15, -0.1) is 0 Å². The summed E-state index contributed by atoms with van der Waals surface area (Å²) >= 11 is 0. The number of aromatic amines is 2. The number of amides is 2. The van der Waals surface area contributed by atoms with E-state index < -0.39 is 27.3 Å². The summed E-state index contributed by atoms with van der Waals surface area (Å²) in [6.07, 6.45) is 3.21. The standard InChI is InChI=1S/C30H33FN8O4S/c1-30(2)26-24(18-39(30)44(42,43)22-6-4-5-20(31)15-22)27(36-35-26)34-29(41)23-8-7-21(38-13-11-37(3)12-14-38)16-25(23)33-28(40)19-9-10-32-17-19/h4-10,15-17,32H,11-14,18H2,1-3H3,(H,33,40)(H2,34,35,36,41). The number of rotatable bonds is 7. The molecule has 0 bridgehead atoms. The summed E-state index contributed by atoms with van der Waals surface area (Å²) in [4.78, 5) is 33.8. The summed E-state index contributed by atoms with van der Waals surface area (Å²) in [5.74, 6) is -1.40. The highest BCUT2D eigenvalue weighted by Crippen LogP contribution is 2.44. The molecule has 4 N–H and O–H groups in total. The van der Waals surface area contributed by atoms with Crippen LogP contribution in [0.4, 0.5) is 21.6 Å². The zero-order valence-electron chi connectivity index (χ0n) is 24.5. The summed E-state index contributed by atoms with van der Waals surface area (Å²) < 4.78 is 42.2. The second kappa shape index (κ2) is 11.2. The minimum Gasteiger partial charge on any atom is -0.369 e. The molecule has 6 rings (SSSR count). The number of fused-ring (bicyclic) bond motifs is 1. The Morgan fingerprint density at radius 1 is 1.00 bits per heavy atom. The lowest BCUT2D eigenvalue weighted by Crippen LogP contribution is -2.44. The third-order valence-corrected chi connectivity index (χ3v) is 10.3. The first-order chi connectivity index (χ1) is 20.9. The highest BCUT2D eigenvalue weighted by Gasteiger charge is 2.48. The molecule has 44 heavy (non-hydrogen) atoms. The maximum Gasteiger partial charge on any atom is 0.258 e. The SMILES string of the molecule is CN1CCN(c2ccc(C(=O)Nc3n[nH]c4c3CN(S(=O)(=O)c3cccc(F)c3)C4(C)C)c(NC(=O)c3cc[nH]c3)c2)CC1. The topological polar surface area (TPSA) is 147 Å². The molecule has 12 nitrogen and oxygen atoms in total. The number of benzene rings is 2. The van der Waals surface area contributed by atoms with Gasteiger partial charge in [0.15, 0.2) is 5.82 Å². The van der Waals surface area contributed by atoms with Crippen LogP contribution >= 0.6 is 0 Å². The van der Waals surface area contributed by atoms with Crippen LogP contribution in [0.2, 0.25) is 0 Å². The van der Waals surface area contributed by atoms with Gasteiger partial charge >= 0.3 is 0 Å². The Hall–Kier alpha value is -4.53. The van der Waals surface area contributed by atoms with E-state index in [0.29, 0.717) is 22.5 Å². The quantitative estimate of drug-likeness (QED) is 0.247. The Labute approximate surface area is 254 Å². The molecule has 1 saturated heterocycles. The van der Waals surface area contributed by atoms with Crippen molar-refractivity contribution in [2.45, 2.75) is 30.8 Å². The zero-order chi connectivity index (χ0) is 31.2. The van der Waals surface area contributed by atoms with E-state index >= 15 is 0 Å². The lowest BCUT2D eigenvalue weighted by molar-refractivity contribution is 0.102. The van der Waals surface area contributed by atoms with Crippen LogP contribution < -0.4 is 15.5 Å². The number of hydrogen-bond donors (Lipinski definition) is 4. The molecule has 0 unspecified atom stereocenters. The number of aromatic nitrogens is 3. The van der Waals surface area contributed by atoms with Crippen LogP contribution in [0.3, 0.4) is 0 Å². The van der Waals surface area contributed by atoms with E-state index in [4.69, 9.17) is 0 Å². The molecule has 14 heteroatoms. The first kappa shape index (κ1) is 29.5. The van der Waals surface area contributed by atoms with E-state index in [0.717, 1.165) is 37.9 Å². The van der Waals surface area contributed by atoms with Gasteiger partial charge in [-0.1, -0.05) is 6.07 Å². The lowest BCUT2D eigenvalue weighted by atomic mass is 10.0. The smallest absolute Gasteiger partial charge is 0.258 e. The molecular formula is C30H33FN8O4S. The Balaban J connectivity index is 1.29. The van der Waals surface area contributed by atoms with E-state index in [2.05, 4.69) is 42.7 Å². The number of carbonyl (C=O) groups is 2. The van der Waals surface area contributed by atoms with Crippen molar-refractivity contribution in [1.29, 1.82) is 0 Å². The first-order valence-corrected chi connectivity index (χ1v) is 15.6. The molecule has 4 aromatic rings. The van der Waals surface area contributed by atoms with Crippen LogP contribution in [-0.4, -0.2) is 77.8 Å². The molecule has 230 valence electrons. The predicted octanol–water partition coefficient (Wildman–Crippen LogP) is 3.57. The average Bonchev–Trinajstić information content (AvgIpc) is 3.72. The van der Waals surface area contributed by atoms with Gasteiger partial charge in [0.1, 0.15) is 5.82 Å². The molecule has 1 fully saturated rings. The third kappa shape index (κ3) is 5.36. The molecule has 0 radical (unpaired) electrons. The molecular weight excluding hydrogens is 587 g/mol. The van der Waals surface area contributed by atoms with Gasteiger partial charge in [0.2, 0.25) is 10.0 Å². The average molecular weight is 621 g/mol. The van der Waals surface area contributed by atoms with Gasteiger partial charge in [0.05, 0.1) is 32.9 Å². The fourth-order valence-electron chi connectivity index (χ4n) is 5.66. The van der Waals surface area contributed by atoms with Gasteiger partial charge in [-0.05, 0) is 63.4 Å². The number of likely N-dealkylation sites (N-methyl/N-ethyl adjacent to an activating group) is 1. The normalized spacial score (nSPS) is 17.0. The van der Waals surface area contributed by atoms with Crippen molar-refractivity contribution in [3.05, 3.63) is 89.1 Å². The maximum absolute atomic E-state index is 13.9. The number of anilines is 3. The number of sulfonamides is 1. The zero-order valence-corrected chi connectivity index (χ0v) is 25.3. The Kier molecular flexibility index (Phi) is 7.51. The van der Waals surface area contributed by atoms with Gasteiger partial charge in [-0.3, -0.25) is 14.7 Å². The second-order valence-electron chi connectivity index (χ2n) is 11.5. The maximum atomic E-state index is 13.9. The van der Waals surface area contributed by atoms with E-state index in [-0.39, 0.29) is 28.7 Å². The van der Waals surface area contributed by atoms with Gasteiger partial charge in [-0.2, -0.15) is 9.40 Å². The van der Waals surface area contributed by atoms with Crippen LogP contribution in [0.5, 0.6) is 0 Å². The van der Waals surface area contributed by atoms with E-state index in [1.807, 2.05) is 6.07 Å². The van der Waals surface area contributed by atoms with Crippen molar-refractivity contribution < 1.29 is 22.4 Å². The van der Waals surface area contributed by atoms with E-state index in [1.165, 1.54) is 22.5 Å². The van der Waals surface area contributed by atoms with Gasteiger partial charge in [-0.25, -0.2) is 12.8 Å². The monoisotopic (exact) mass is 620 g/mol. The van der Waals surface area contributed by atoms with Crippen LogP contribution in [0.15, 0.2) is 65.8 Å². The van der Waals surface area contributed by atoms with Crippen molar-refractivity contribution >= 4 is 39.0 Å². The molecule has 0 saturated carbocycles. The summed E-state index contributed by atoms with van der Waals surface area (Å²) in [5, 5.41) is 12.9. The van der Waals surface area contributed by atoms with Crippen molar-refractivity contribution in [3.63, 3.8) is 0 Å². The molecule has 2 aliphatic rings. The highest BCUT2D eigenvalue weighted by molar-refractivity contribution is 7.89. The highest BCUT2D eigenvalue weighted by atomic mass is 32.2. The summed E-state index contributed by atoms with van der Waals surface area (Å²) in [6.45, 7) is 6.72. The Morgan fingerprint density at radius 3 is 2.48 bits per heavy atom. The number of piperazine rings is 1. The molecule has 2 aliphatic heterocycles. The van der Waals surface area contributed by atoms with Crippen molar-refractivity contribution in [3.8, 4) is 0 Å². The first-order valence-electron chi connectivity index (χ1n) is 14.1. The number of H-pyrrole nitrogens is 2. The summed E-state index contributed by atoms with van der Waals surface area (Å²) in [7, 11) is -2.02. The number of hydrogen-bond acceptors (Lipinski definition) is 7. The van der Waals surface area contributed by atoms with Gasteiger partial charge in [0, 0.05) is 56.4 Å². The minimum atomic E-state index is -4.09. The largest absolute Gasteiger partial charge is 0.369 e. The molecule has 2 aromatic heterocycles. The molecule has 2 amide bonds. The summed E-state index contributed by atoms with van der Waals surface area (Å²) in [6, 6.07) is 11.8. The third-order valence-electron chi connectivity index (χ3n) is 8.24. The van der Waals surface area contributed by atoms with Crippen LogP contribution in [-0.2, 0) is 22.1 Å². The van der Waals surface area contributed by atoms with Crippen molar-refractivity contribution in [2.75, 3.05) is 48.8 Å². The molecule has 2 aromatic carbocycles. The number of halogens is 1. The van der Waals surface area contributed by atoms with Crippen LogP contribution in [0.1, 0.15) is 45.8 Å². The molecule has 0 spiro atoms. The van der Waals surface area contributed by atoms with Crippen LogP contribution in [0.25, 0.3) is 0 Å². The second-order valence-corrected chi connectivity index (χ2v) is 13.3. The van der Waals surface area contributed by atoms with Crippen LogP contribution in [0, 0.1) is 5.82 Å². The lowest BCUT2D eigenvalue weighted by Gasteiger charge is -2.34. The number of nitrogens with one attached hydrogen (secondary N) is 4. The Bertz CT molecular complexity index is 1830. The van der Waals surface area contributed by atoms with Gasteiger partial charge < -0.3 is 25.4 Å². The van der Waals surface area contributed by atoms with Crippen molar-refractivity contribution in [1.82, 2.24) is 24.4 Å². The van der Waals surface area contributed by atoms with E-state index in [1.54, 1.807) is 44.4 Å². The minimum absolute atomic E-state index is 0.0906. The molecule has 4 heterocycles. The number of nitrogens with zero attached hydrogens (tertiary/aromatic N) is 4. The van der Waals surface area contributed by atoms with Crippen molar-refractivity contribution in [2.24, 2.45) is 0 Å². The fraction of sp³-hybridized carbons (Fsp3) is 0.300. The van der Waals surface area contributed by atoms with Gasteiger partial charge in [0.25, 0.3) is 11.8 Å². The fourth-order valence-corrected chi connectivity index (χ4v) is 7.42. The number of carbonyl (C=O) groups excluding carboxylic acids is 2. The molecule has 0 aliphatic carbocycles. The predicted molar refractivity (Wildman–Crippen MR) is 164 cm³/mol. The molecule has 0 atom stereocenters. The van der Waals surface area contributed by atoms with E-state index in [9.17, 15) is 22.4 Å². The summed E-state index contributed by atoms with van der Waals surface area (Å²) in [5.41, 5.74) is 1.77.